The third-order valence-corrected chi connectivity index (χ3v) is 7.65. The summed E-state index contributed by atoms with van der Waals surface area (Å²) in [6, 6.07) is -0.331. The molecule has 10 heteroatoms. The molecule has 5 rings (SSSR count). The maximum absolute atomic E-state index is 11.2. The van der Waals surface area contributed by atoms with Crippen LogP contribution in [0.25, 0.3) is 15.9 Å². The van der Waals surface area contributed by atoms with Gasteiger partial charge in [0.25, 0.3) is 0 Å². The van der Waals surface area contributed by atoms with Crippen molar-refractivity contribution >= 4 is 32.9 Å². The van der Waals surface area contributed by atoms with Crippen LogP contribution in [0.1, 0.15) is 62.1 Å². The van der Waals surface area contributed by atoms with E-state index in [0.29, 0.717) is 22.9 Å². The Morgan fingerprint density at radius 1 is 1.32 bits per heavy atom. The number of rotatable bonds is 3. The minimum atomic E-state index is -0.418. The summed E-state index contributed by atoms with van der Waals surface area (Å²) >= 11 is 1.77. The number of nitro groups is 1. The van der Waals surface area contributed by atoms with E-state index in [2.05, 4.69) is 36.0 Å². The Bertz CT molecular complexity index is 1330. The highest BCUT2D eigenvalue weighted by molar-refractivity contribution is 7.19. The van der Waals surface area contributed by atoms with Gasteiger partial charge in [0, 0.05) is 4.88 Å². The lowest BCUT2D eigenvalue weighted by molar-refractivity contribution is -0.385. The molecule has 0 radical (unpaired) electrons. The average molecular weight is 440 g/mol. The highest BCUT2D eigenvalue weighted by atomic mass is 32.1. The molecule has 0 fully saturated rings. The van der Waals surface area contributed by atoms with E-state index >= 15 is 0 Å². The van der Waals surface area contributed by atoms with Crippen molar-refractivity contribution in [2.45, 2.75) is 59.9 Å². The van der Waals surface area contributed by atoms with E-state index in [1.807, 2.05) is 6.92 Å². The second-order valence-electron chi connectivity index (χ2n) is 9.49. The maximum Gasteiger partial charge on any atom is 0.309 e. The Labute approximate surface area is 183 Å². The van der Waals surface area contributed by atoms with Gasteiger partial charge in [0.2, 0.25) is 0 Å². The van der Waals surface area contributed by atoms with Crippen LogP contribution in [0.15, 0.2) is 12.5 Å². The lowest BCUT2D eigenvalue weighted by Gasteiger charge is -2.33. The molecule has 162 valence electrons. The van der Waals surface area contributed by atoms with Gasteiger partial charge in [-0.3, -0.25) is 14.8 Å². The average Bonchev–Trinajstić information content (AvgIpc) is 3.39. The Morgan fingerprint density at radius 3 is 2.77 bits per heavy atom. The third-order valence-electron chi connectivity index (χ3n) is 6.48. The van der Waals surface area contributed by atoms with Gasteiger partial charge in [-0.2, -0.15) is 5.10 Å². The zero-order valence-corrected chi connectivity index (χ0v) is 19.1. The Hall–Kier alpha value is -2.88. The van der Waals surface area contributed by atoms with Crippen LogP contribution in [0.4, 0.5) is 5.69 Å². The van der Waals surface area contributed by atoms with Crippen LogP contribution in [-0.2, 0) is 12.8 Å². The van der Waals surface area contributed by atoms with E-state index in [-0.39, 0.29) is 11.7 Å². The molecule has 0 aromatic carbocycles. The largest absolute Gasteiger partial charge is 0.309 e. The topological polar surface area (TPSA) is 104 Å². The highest BCUT2D eigenvalue weighted by Crippen LogP contribution is 2.43. The quantitative estimate of drug-likeness (QED) is 0.343. The number of fused-ring (bicyclic) bond motifs is 5. The summed E-state index contributed by atoms with van der Waals surface area (Å²) in [5.74, 6) is 1.23. The van der Waals surface area contributed by atoms with E-state index in [1.165, 1.54) is 16.6 Å². The molecular weight excluding hydrogens is 414 g/mol. The fourth-order valence-corrected chi connectivity index (χ4v) is 5.74. The van der Waals surface area contributed by atoms with E-state index in [0.717, 1.165) is 35.1 Å². The molecule has 0 saturated heterocycles. The maximum atomic E-state index is 11.2. The van der Waals surface area contributed by atoms with Gasteiger partial charge >= 0.3 is 5.69 Å². The molecule has 0 spiro atoms. The minimum Gasteiger partial charge on any atom is -0.258 e. The molecule has 0 bridgehead atoms. The Kier molecular flexibility index (Phi) is 4.40. The van der Waals surface area contributed by atoms with Crippen molar-refractivity contribution in [1.82, 2.24) is 29.4 Å². The van der Waals surface area contributed by atoms with Gasteiger partial charge in [0.1, 0.15) is 29.1 Å². The first-order valence-corrected chi connectivity index (χ1v) is 11.3. The Morgan fingerprint density at radius 2 is 2.10 bits per heavy atom. The molecule has 31 heavy (non-hydrogen) atoms. The van der Waals surface area contributed by atoms with Crippen LogP contribution in [0.5, 0.6) is 0 Å². The second kappa shape index (κ2) is 6.81. The van der Waals surface area contributed by atoms with Gasteiger partial charge in [0.05, 0.1) is 10.3 Å². The molecule has 0 amide bonds. The van der Waals surface area contributed by atoms with Crippen molar-refractivity contribution in [1.29, 1.82) is 0 Å². The summed E-state index contributed by atoms with van der Waals surface area (Å²) in [7, 11) is 0. The molecule has 0 aliphatic heterocycles. The molecule has 4 aromatic rings. The van der Waals surface area contributed by atoms with Gasteiger partial charge in [-0.05, 0) is 50.0 Å². The summed E-state index contributed by atoms with van der Waals surface area (Å²) in [4.78, 5) is 22.7. The van der Waals surface area contributed by atoms with Crippen molar-refractivity contribution in [3.8, 4) is 0 Å². The fourth-order valence-electron chi connectivity index (χ4n) is 4.48. The first kappa shape index (κ1) is 20.0. The molecule has 4 heterocycles. The summed E-state index contributed by atoms with van der Waals surface area (Å²) < 4.78 is 3.28. The van der Waals surface area contributed by atoms with E-state index in [1.54, 1.807) is 33.8 Å². The van der Waals surface area contributed by atoms with Gasteiger partial charge in [0.15, 0.2) is 11.5 Å². The fraction of sp³-hybridized carbons (Fsp3) is 0.524. The van der Waals surface area contributed by atoms with Crippen molar-refractivity contribution in [3.05, 3.63) is 44.6 Å². The lowest BCUT2D eigenvalue weighted by atomic mass is 9.72. The minimum absolute atomic E-state index is 0.0000204. The highest BCUT2D eigenvalue weighted by Gasteiger charge is 2.32. The smallest absolute Gasteiger partial charge is 0.258 e. The monoisotopic (exact) mass is 439 g/mol. The number of aryl methyl sites for hydroxylation is 2. The van der Waals surface area contributed by atoms with Gasteiger partial charge in [-0.15, -0.1) is 16.4 Å². The molecule has 9 nitrogen and oxygen atoms in total. The lowest BCUT2D eigenvalue weighted by Crippen LogP contribution is -2.26. The van der Waals surface area contributed by atoms with Gasteiger partial charge in [-0.25, -0.2) is 14.5 Å². The van der Waals surface area contributed by atoms with Crippen LogP contribution in [0, 0.1) is 28.4 Å². The summed E-state index contributed by atoms with van der Waals surface area (Å²) in [6.07, 6.45) is 6.43. The summed E-state index contributed by atoms with van der Waals surface area (Å²) in [6.45, 7) is 10.5. The zero-order chi connectivity index (χ0) is 22.1. The van der Waals surface area contributed by atoms with Crippen molar-refractivity contribution in [2.75, 3.05) is 0 Å². The first-order chi connectivity index (χ1) is 14.6. The molecule has 1 aliphatic rings. The second-order valence-corrected chi connectivity index (χ2v) is 10.6. The SMILES string of the molecule is Cc1nn(C(C)c2nc3c4c5c(sc4ncn3n2)CC(C(C)(C)C)CC5)cc1[N+](=O)[O-]. The third kappa shape index (κ3) is 3.20. The number of nitrogens with zero attached hydrogens (tertiary/aromatic N) is 7. The Balaban J connectivity index is 1.58. The van der Waals surface area contributed by atoms with Crippen LogP contribution >= 0.6 is 11.3 Å². The number of aromatic nitrogens is 6. The van der Waals surface area contributed by atoms with Gasteiger partial charge < -0.3 is 0 Å². The zero-order valence-electron chi connectivity index (χ0n) is 18.3. The van der Waals surface area contributed by atoms with Crippen molar-refractivity contribution < 1.29 is 4.92 Å². The van der Waals surface area contributed by atoms with Gasteiger partial charge in [-0.1, -0.05) is 20.8 Å². The molecule has 0 saturated carbocycles. The predicted molar refractivity (Wildman–Crippen MR) is 119 cm³/mol. The van der Waals surface area contributed by atoms with Crippen molar-refractivity contribution in [3.63, 3.8) is 0 Å². The molecular formula is C21H25N7O2S. The summed E-state index contributed by atoms with van der Waals surface area (Å²) in [5.41, 5.74) is 2.83. The van der Waals surface area contributed by atoms with Crippen LogP contribution in [0.2, 0.25) is 0 Å². The molecule has 0 N–H and O–H groups in total. The molecule has 2 atom stereocenters. The molecule has 1 aliphatic carbocycles. The van der Waals surface area contributed by atoms with E-state index in [9.17, 15) is 10.1 Å². The predicted octanol–water partition coefficient (Wildman–Crippen LogP) is 4.51. The van der Waals surface area contributed by atoms with Crippen molar-refractivity contribution in [2.24, 2.45) is 11.3 Å². The standard InChI is InChI=1S/C21H25N7O2S/c1-11-15(28(29)30)9-26(24-11)12(2)18-23-19-17-14-7-6-13(21(3,4)5)8-16(14)31-20(17)22-10-27(19)25-18/h9-10,12-13H,6-8H2,1-5H3. The molecule has 4 aromatic heterocycles. The normalized spacial score (nSPS) is 17.9. The van der Waals surface area contributed by atoms with E-state index < -0.39 is 4.92 Å². The van der Waals surface area contributed by atoms with E-state index in [4.69, 9.17) is 4.98 Å². The summed E-state index contributed by atoms with van der Waals surface area (Å²) in [5, 5.41) is 21.2. The number of thiophene rings is 1. The van der Waals surface area contributed by atoms with Crippen LogP contribution in [-0.4, -0.2) is 34.3 Å². The number of hydrogen-bond acceptors (Lipinski definition) is 7. The molecule has 2 unspecified atom stereocenters. The van der Waals surface area contributed by atoms with Crippen LogP contribution in [0.3, 0.4) is 0 Å². The van der Waals surface area contributed by atoms with Crippen LogP contribution < -0.4 is 0 Å². The first-order valence-electron chi connectivity index (χ1n) is 10.5. The number of hydrogen-bond donors (Lipinski definition) is 0.